The molecule has 4 heteroatoms. The summed E-state index contributed by atoms with van der Waals surface area (Å²) >= 11 is 0. The lowest BCUT2D eigenvalue weighted by Crippen LogP contribution is -1.80. The predicted octanol–water partition coefficient (Wildman–Crippen LogP) is 0.422. The molecule has 0 aliphatic carbocycles. The van der Waals surface area contributed by atoms with Crippen LogP contribution in [0.4, 0.5) is 0 Å². The van der Waals surface area contributed by atoms with Gasteiger partial charge < -0.3 is 0 Å². The third-order valence-electron chi connectivity index (χ3n) is 0.358. The van der Waals surface area contributed by atoms with Crippen LogP contribution in [0.15, 0.2) is 12.0 Å². The molecule has 0 spiro atoms. The van der Waals surface area contributed by atoms with Gasteiger partial charge in [0.25, 0.3) is 6.57 Å². The van der Waals surface area contributed by atoms with Gasteiger partial charge in [-0.2, -0.15) is 0 Å². The van der Waals surface area contributed by atoms with E-state index < -0.39 is 10.0 Å². The van der Waals surface area contributed by atoms with Crippen molar-refractivity contribution in [2.75, 3.05) is 0 Å². The Labute approximate surface area is 42.1 Å². The molecule has 0 atom stereocenters. The van der Waals surface area contributed by atoms with E-state index in [-0.39, 0.29) is 0 Å². The minimum Gasteiger partial charge on any atom is -0.144 e. The van der Waals surface area contributed by atoms with Crippen molar-refractivity contribution in [3.8, 4) is 6.57 Å². The van der Waals surface area contributed by atoms with Crippen LogP contribution in [-0.2, 0) is 10.0 Å². The third-order valence-corrected chi connectivity index (χ3v) is 1.07. The zero-order chi connectivity index (χ0) is 5.91. The molecular weight excluding hydrogens is 114 g/mol. The third kappa shape index (κ3) is 1.95. The molecule has 0 radical (unpaired) electrons. The van der Waals surface area contributed by atoms with Crippen LogP contribution >= 0.6 is 0 Å². The lowest BCUT2D eigenvalue weighted by Gasteiger charge is -1.59. The molecule has 0 aromatic heterocycles. The summed E-state index contributed by atoms with van der Waals surface area (Å²) in [5.74, 6) is 0. The number of hydrogen-bond acceptors (Lipinski definition) is 2. The highest BCUT2D eigenvalue weighted by Gasteiger charge is 2.08. The summed E-state index contributed by atoms with van der Waals surface area (Å²) in [4.78, 5) is 0. The molecule has 7 heavy (non-hydrogen) atoms. The fourth-order valence-corrected chi connectivity index (χ4v) is 0.129. The Balaban J connectivity index is 4.62. The van der Waals surface area contributed by atoms with E-state index >= 15 is 0 Å². The van der Waals surface area contributed by atoms with Gasteiger partial charge in [0.15, 0.2) is 0 Å². The zero-order valence-electron chi connectivity index (χ0n) is 3.53. The van der Waals surface area contributed by atoms with Crippen molar-refractivity contribution >= 4 is 10.0 Å². The van der Waals surface area contributed by atoms with Crippen molar-refractivity contribution < 1.29 is 8.42 Å². The topological polar surface area (TPSA) is 38.5 Å². The Morgan fingerprint density at radius 3 is 2.14 bits per heavy atom. The molecule has 0 unspecified atom stereocenters. The highest BCUT2D eigenvalue weighted by molar-refractivity contribution is 7.96. The van der Waals surface area contributed by atoms with E-state index in [2.05, 4.69) is 17.4 Å². The van der Waals surface area contributed by atoms with Crippen molar-refractivity contribution in [2.24, 2.45) is 0 Å². The Hall–Kier alpha value is -0.820. The van der Waals surface area contributed by atoms with Gasteiger partial charge >= 0.3 is 10.0 Å². The summed E-state index contributed by atoms with van der Waals surface area (Å²) in [6.07, 6.45) is 0. The second kappa shape index (κ2) is 1.76. The molecule has 38 valence electrons. The van der Waals surface area contributed by atoms with E-state index in [1.54, 1.807) is 0 Å². The Morgan fingerprint density at radius 1 is 1.71 bits per heavy atom. The van der Waals surface area contributed by atoms with Gasteiger partial charge in [0.1, 0.15) is 5.41 Å². The maximum atomic E-state index is 9.96. The number of rotatable bonds is 1. The molecule has 0 amide bonds. The molecule has 0 aromatic rings. The summed E-state index contributed by atoms with van der Waals surface area (Å²) in [5, 5.41) is 0.674. The fourth-order valence-electron chi connectivity index (χ4n) is 0.0430. The van der Waals surface area contributed by atoms with Gasteiger partial charge in [-0.05, 0) is 0 Å². The first kappa shape index (κ1) is 6.18. The first-order valence-corrected chi connectivity index (χ1v) is 2.92. The van der Waals surface area contributed by atoms with Gasteiger partial charge in [-0.1, -0.05) is 6.58 Å². The molecule has 0 saturated carbocycles. The Bertz CT molecular complexity index is 195. The Kier molecular flexibility index (Phi) is 1.55. The summed E-state index contributed by atoms with van der Waals surface area (Å²) in [7, 11) is -3.49. The van der Waals surface area contributed by atoms with E-state index in [9.17, 15) is 8.42 Å². The maximum absolute atomic E-state index is 9.96. The van der Waals surface area contributed by atoms with Crippen molar-refractivity contribution in [3.05, 3.63) is 16.2 Å². The van der Waals surface area contributed by atoms with Gasteiger partial charge in [0.2, 0.25) is 0 Å². The van der Waals surface area contributed by atoms with Crippen LogP contribution in [0.5, 0.6) is 0 Å². The molecule has 0 aromatic carbocycles. The zero-order valence-corrected chi connectivity index (χ0v) is 4.35. The summed E-state index contributed by atoms with van der Waals surface area (Å²) < 4.78 is 22.4. The molecule has 0 aliphatic rings. The minimum atomic E-state index is -3.49. The predicted molar refractivity (Wildman–Crippen MR) is 27.4 cm³/mol. The van der Waals surface area contributed by atoms with Crippen molar-refractivity contribution in [3.63, 3.8) is 0 Å². The SMILES string of the molecule is C#[N+]S(=O)(=O)C=C. The van der Waals surface area contributed by atoms with Crippen LogP contribution in [0.2, 0.25) is 0 Å². The fraction of sp³-hybridized carbons (Fsp3) is 0. The summed E-state index contributed by atoms with van der Waals surface area (Å²) in [6, 6.07) is 0. The largest absolute Gasteiger partial charge is 0.502 e. The molecule has 0 N–H and O–H groups in total. The van der Waals surface area contributed by atoms with E-state index in [1.165, 1.54) is 0 Å². The van der Waals surface area contributed by atoms with E-state index in [1.807, 2.05) is 0 Å². The molecule has 0 aliphatic heterocycles. The average molecular weight is 118 g/mol. The second-order valence-corrected chi connectivity index (χ2v) is 2.36. The lowest BCUT2D eigenvalue weighted by molar-refractivity contribution is 0.612. The van der Waals surface area contributed by atoms with Crippen molar-refractivity contribution in [1.29, 1.82) is 0 Å². The maximum Gasteiger partial charge on any atom is 0.502 e. The Morgan fingerprint density at radius 2 is 2.14 bits per heavy atom. The van der Waals surface area contributed by atoms with Crippen LogP contribution in [0.3, 0.4) is 0 Å². The number of hydrogen-bond donors (Lipinski definition) is 0. The van der Waals surface area contributed by atoms with Crippen LogP contribution in [0.1, 0.15) is 0 Å². The normalized spacial score (nSPS) is 9.57. The minimum absolute atomic E-state index is 0.674. The molecular formula is C3H4NO2S+. The molecule has 0 bridgehead atoms. The number of nitrogens with zero attached hydrogens (tertiary/aromatic N) is 1. The van der Waals surface area contributed by atoms with Gasteiger partial charge in [0.05, 0.1) is 4.25 Å². The first-order valence-electron chi connectivity index (χ1n) is 1.42. The number of sulfonamides is 1. The highest BCUT2D eigenvalue weighted by atomic mass is 32.2. The van der Waals surface area contributed by atoms with E-state index in [0.717, 1.165) is 0 Å². The van der Waals surface area contributed by atoms with Crippen LogP contribution in [0, 0.1) is 6.57 Å². The molecule has 0 fully saturated rings. The van der Waals surface area contributed by atoms with Crippen LogP contribution < -0.4 is 0 Å². The van der Waals surface area contributed by atoms with Gasteiger partial charge in [-0.25, -0.2) is 0 Å². The summed E-state index contributed by atoms with van der Waals surface area (Å²) in [6.45, 7) is 7.32. The summed E-state index contributed by atoms with van der Waals surface area (Å²) in [5.41, 5.74) is 0. The first-order chi connectivity index (χ1) is 3.12. The second-order valence-electron chi connectivity index (χ2n) is 0.787. The average Bonchev–Trinajstić information content (AvgIpc) is 1.68. The molecule has 0 saturated heterocycles. The molecule has 0 rings (SSSR count). The van der Waals surface area contributed by atoms with Crippen LogP contribution in [0.25, 0.3) is 4.25 Å². The van der Waals surface area contributed by atoms with Crippen LogP contribution in [-0.4, -0.2) is 8.42 Å². The van der Waals surface area contributed by atoms with Gasteiger partial charge in [-0.3, -0.25) is 0 Å². The van der Waals surface area contributed by atoms with E-state index in [0.29, 0.717) is 5.41 Å². The van der Waals surface area contributed by atoms with Crippen molar-refractivity contribution in [1.82, 2.24) is 0 Å². The van der Waals surface area contributed by atoms with E-state index in [4.69, 9.17) is 0 Å². The van der Waals surface area contributed by atoms with Gasteiger partial charge in [0, 0.05) is 0 Å². The monoisotopic (exact) mass is 118 g/mol. The van der Waals surface area contributed by atoms with Gasteiger partial charge in [-0.15, -0.1) is 8.42 Å². The standard InChI is InChI=1S/C3H4NO2S/c1-3-7(5,6)4-2/h2-3H,1H2/q+1. The lowest BCUT2D eigenvalue weighted by atomic mass is 11.3. The highest BCUT2D eigenvalue weighted by Crippen LogP contribution is 1.87. The molecule has 3 nitrogen and oxygen atoms in total. The quantitative estimate of drug-likeness (QED) is 0.500. The van der Waals surface area contributed by atoms with Crippen molar-refractivity contribution in [2.45, 2.75) is 0 Å². The molecule has 0 heterocycles. The smallest absolute Gasteiger partial charge is 0.144 e.